The lowest BCUT2D eigenvalue weighted by Crippen LogP contribution is -2.32. The molecule has 2 aliphatic heterocycles. The van der Waals surface area contributed by atoms with E-state index in [0.29, 0.717) is 17.7 Å². The van der Waals surface area contributed by atoms with E-state index in [1.54, 1.807) is 0 Å². The van der Waals surface area contributed by atoms with Crippen molar-refractivity contribution in [2.45, 2.75) is 38.6 Å². The number of carbonyl (C=O) groups excluding carboxylic acids is 1. The number of likely N-dealkylation sites (tertiary alicyclic amines) is 1. The number of nitrogens with one attached hydrogen (secondary N) is 1. The number of rotatable bonds is 3. The van der Waals surface area contributed by atoms with Crippen molar-refractivity contribution in [1.29, 1.82) is 0 Å². The zero-order valence-corrected chi connectivity index (χ0v) is 13.4. The van der Waals surface area contributed by atoms with Gasteiger partial charge >= 0.3 is 0 Å². The molecule has 118 valence electrons. The molecule has 2 atom stereocenters. The molecule has 3 rings (SSSR count). The van der Waals surface area contributed by atoms with E-state index in [2.05, 4.69) is 17.3 Å². The minimum atomic E-state index is 0. The number of carbonyl (C=O) groups is 1. The lowest BCUT2D eigenvalue weighted by atomic mass is 10.1. The number of amides is 1. The molecule has 6 heteroatoms. The molecule has 0 aliphatic carbocycles. The standard InChI is InChI=1S/C15H24N4O.ClH/c1-2-12-5-8-18(11-12)15(20)14-6-9-19(17-14)13-4-3-7-16-10-13;/h6,9,12-13,16H,2-5,7-8,10-11H2,1H3;1H. The van der Waals surface area contributed by atoms with Gasteiger partial charge in [-0.1, -0.05) is 13.3 Å². The molecule has 2 unspecified atom stereocenters. The van der Waals surface area contributed by atoms with Gasteiger partial charge in [-0.25, -0.2) is 0 Å². The fourth-order valence-corrected chi connectivity index (χ4v) is 3.23. The first-order chi connectivity index (χ1) is 9.78. The Balaban J connectivity index is 0.00000161. The molecule has 1 aromatic rings. The Morgan fingerprint density at radius 3 is 3.00 bits per heavy atom. The van der Waals surface area contributed by atoms with Crippen molar-refractivity contribution in [2.24, 2.45) is 5.92 Å². The van der Waals surface area contributed by atoms with Crippen molar-refractivity contribution in [2.75, 3.05) is 26.2 Å². The van der Waals surface area contributed by atoms with Crippen LogP contribution in [0.1, 0.15) is 49.1 Å². The molecular formula is C15H25ClN4O. The van der Waals surface area contributed by atoms with Crippen molar-refractivity contribution < 1.29 is 4.79 Å². The molecule has 0 saturated carbocycles. The van der Waals surface area contributed by atoms with E-state index < -0.39 is 0 Å². The fourth-order valence-electron chi connectivity index (χ4n) is 3.23. The molecule has 1 aromatic heterocycles. The summed E-state index contributed by atoms with van der Waals surface area (Å²) in [5.41, 5.74) is 0.604. The molecule has 1 amide bonds. The molecule has 0 bridgehead atoms. The number of piperidine rings is 1. The average Bonchev–Trinajstić information content (AvgIpc) is 3.17. The van der Waals surface area contributed by atoms with Crippen LogP contribution < -0.4 is 5.32 Å². The highest BCUT2D eigenvalue weighted by Crippen LogP contribution is 2.21. The lowest BCUT2D eigenvalue weighted by Gasteiger charge is -2.23. The topological polar surface area (TPSA) is 50.2 Å². The second kappa shape index (κ2) is 7.27. The predicted octanol–water partition coefficient (Wildman–Crippen LogP) is 2.10. The van der Waals surface area contributed by atoms with Gasteiger partial charge in [0, 0.05) is 25.8 Å². The number of hydrogen-bond acceptors (Lipinski definition) is 3. The summed E-state index contributed by atoms with van der Waals surface area (Å²) in [6, 6.07) is 2.27. The van der Waals surface area contributed by atoms with Crippen LogP contribution >= 0.6 is 12.4 Å². The fraction of sp³-hybridized carbons (Fsp3) is 0.733. The summed E-state index contributed by atoms with van der Waals surface area (Å²) < 4.78 is 1.97. The molecular weight excluding hydrogens is 288 g/mol. The van der Waals surface area contributed by atoms with Crippen molar-refractivity contribution in [3.05, 3.63) is 18.0 Å². The van der Waals surface area contributed by atoms with Gasteiger partial charge in [-0.3, -0.25) is 9.48 Å². The van der Waals surface area contributed by atoms with E-state index in [1.165, 1.54) is 6.42 Å². The molecule has 3 heterocycles. The van der Waals surface area contributed by atoms with Crippen LogP contribution in [-0.4, -0.2) is 46.8 Å². The normalized spacial score (nSPS) is 25.7. The van der Waals surface area contributed by atoms with Crippen LogP contribution in [0.4, 0.5) is 0 Å². The maximum absolute atomic E-state index is 12.4. The highest BCUT2D eigenvalue weighted by Gasteiger charge is 2.27. The van der Waals surface area contributed by atoms with Crippen molar-refractivity contribution in [1.82, 2.24) is 20.0 Å². The Labute approximate surface area is 132 Å². The Morgan fingerprint density at radius 1 is 1.48 bits per heavy atom. The summed E-state index contributed by atoms with van der Waals surface area (Å²) in [4.78, 5) is 14.4. The zero-order valence-electron chi connectivity index (χ0n) is 12.6. The minimum absolute atomic E-state index is 0. The maximum Gasteiger partial charge on any atom is 0.274 e. The summed E-state index contributed by atoms with van der Waals surface area (Å²) in [6.07, 6.45) is 6.57. The molecule has 0 spiro atoms. The van der Waals surface area contributed by atoms with Gasteiger partial charge in [0.1, 0.15) is 5.69 Å². The van der Waals surface area contributed by atoms with E-state index in [1.807, 2.05) is 21.8 Å². The molecule has 0 aromatic carbocycles. The summed E-state index contributed by atoms with van der Waals surface area (Å²) in [7, 11) is 0. The first-order valence-corrected chi connectivity index (χ1v) is 7.83. The third-order valence-corrected chi connectivity index (χ3v) is 4.62. The zero-order chi connectivity index (χ0) is 13.9. The van der Waals surface area contributed by atoms with Gasteiger partial charge in [-0.15, -0.1) is 12.4 Å². The Hall–Kier alpha value is -1.07. The quantitative estimate of drug-likeness (QED) is 0.930. The monoisotopic (exact) mass is 312 g/mol. The summed E-state index contributed by atoms with van der Waals surface area (Å²) in [6.45, 7) is 6.03. The van der Waals surface area contributed by atoms with Crippen LogP contribution in [-0.2, 0) is 0 Å². The van der Waals surface area contributed by atoms with E-state index in [9.17, 15) is 4.79 Å². The SMILES string of the molecule is CCC1CCN(C(=O)c2ccn(C3CCCNC3)n2)C1.Cl. The smallest absolute Gasteiger partial charge is 0.274 e. The first kappa shape index (κ1) is 16.3. The van der Waals surface area contributed by atoms with E-state index in [-0.39, 0.29) is 18.3 Å². The Bertz CT molecular complexity index is 470. The molecule has 2 fully saturated rings. The third kappa shape index (κ3) is 3.58. The van der Waals surface area contributed by atoms with Gasteiger partial charge in [0.25, 0.3) is 5.91 Å². The van der Waals surface area contributed by atoms with Crippen LogP contribution in [0.25, 0.3) is 0 Å². The Kier molecular flexibility index (Phi) is 5.65. The minimum Gasteiger partial charge on any atom is -0.337 e. The Morgan fingerprint density at radius 2 is 2.33 bits per heavy atom. The molecule has 0 radical (unpaired) electrons. The second-order valence-corrected chi connectivity index (χ2v) is 6.00. The molecule has 5 nitrogen and oxygen atoms in total. The van der Waals surface area contributed by atoms with Crippen molar-refractivity contribution in [3.63, 3.8) is 0 Å². The van der Waals surface area contributed by atoms with Crippen LogP contribution in [0.3, 0.4) is 0 Å². The third-order valence-electron chi connectivity index (χ3n) is 4.62. The predicted molar refractivity (Wildman–Crippen MR) is 84.9 cm³/mol. The van der Waals surface area contributed by atoms with Crippen LogP contribution in [0.15, 0.2) is 12.3 Å². The number of aromatic nitrogens is 2. The van der Waals surface area contributed by atoms with Crippen molar-refractivity contribution >= 4 is 18.3 Å². The summed E-state index contributed by atoms with van der Waals surface area (Å²) >= 11 is 0. The van der Waals surface area contributed by atoms with Gasteiger partial charge in [-0.05, 0) is 37.8 Å². The molecule has 2 aliphatic rings. The number of hydrogen-bond donors (Lipinski definition) is 1. The summed E-state index contributed by atoms with van der Waals surface area (Å²) in [5, 5.41) is 7.90. The maximum atomic E-state index is 12.4. The summed E-state index contributed by atoms with van der Waals surface area (Å²) in [5.74, 6) is 0.770. The molecule has 2 saturated heterocycles. The molecule has 21 heavy (non-hydrogen) atoms. The van der Waals surface area contributed by atoms with E-state index in [0.717, 1.165) is 45.4 Å². The highest BCUT2D eigenvalue weighted by molar-refractivity contribution is 5.92. The number of halogens is 1. The van der Waals surface area contributed by atoms with E-state index >= 15 is 0 Å². The van der Waals surface area contributed by atoms with Gasteiger partial charge in [0.2, 0.25) is 0 Å². The van der Waals surface area contributed by atoms with Crippen LogP contribution in [0.2, 0.25) is 0 Å². The second-order valence-electron chi connectivity index (χ2n) is 6.00. The van der Waals surface area contributed by atoms with Crippen LogP contribution in [0, 0.1) is 5.92 Å². The average molecular weight is 313 g/mol. The van der Waals surface area contributed by atoms with Gasteiger partial charge in [0.15, 0.2) is 0 Å². The van der Waals surface area contributed by atoms with Gasteiger partial charge in [0.05, 0.1) is 6.04 Å². The van der Waals surface area contributed by atoms with Crippen LogP contribution in [0.5, 0.6) is 0 Å². The van der Waals surface area contributed by atoms with Gasteiger partial charge in [-0.2, -0.15) is 5.10 Å². The first-order valence-electron chi connectivity index (χ1n) is 7.83. The largest absolute Gasteiger partial charge is 0.337 e. The van der Waals surface area contributed by atoms with Gasteiger partial charge < -0.3 is 10.2 Å². The lowest BCUT2D eigenvalue weighted by molar-refractivity contribution is 0.0779. The highest BCUT2D eigenvalue weighted by atomic mass is 35.5. The van der Waals surface area contributed by atoms with Crippen molar-refractivity contribution in [3.8, 4) is 0 Å². The molecule has 1 N–H and O–H groups in total. The van der Waals surface area contributed by atoms with E-state index in [4.69, 9.17) is 0 Å². The number of nitrogens with zero attached hydrogens (tertiary/aromatic N) is 3.